The van der Waals surface area contributed by atoms with Crippen LogP contribution in [0.1, 0.15) is 11.1 Å². The van der Waals surface area contributed by atoms with Crippen molar-refractivity contribution in [3.63, 3.8) is 0 Å². The highest BCUT2D eigenvalue weighted by Gasteiger charge is 2.28. The van der Waals surface area contributed by atoms with E-state index in [1.165, 1.54) is 25.3 Å². The Morgan fingerprint density at radius 2 is 1.75 bits per heavy atom. The van der Waals surface area contributed by atoms with Crippen molar-refractivity contribution in [2.75, 3.05) is 19.0 Å². The van der Waals surface area contributed by atoms with Gasteiger partial charge in [-0.15, -0.1) is 0 Å². The number of carbonyl (C=O) groups excluding carboxylic acids is 1. The summed E-state index contributed by atoms with van der Waals surface area (Å²) < 4.78 is 33.1. The molecule has 0 radical (unpaired) electrons. The summed E-state index contributed by atoms with van der Waals surface area (Å²) in [6, 6.07) is 18.3. The molecule has 0 atom stereocenters. The molecular formula is C23H22Cl2N2O4S. The van der Waals surface area contributed by atoms with E-state index in [1.54, 1.807) is 37.3 Å². The summed E-state index contributed by atoms with van der Waals surface area (Å²) >= 11 is 12.1. The maximum absolute atomic E-state index is 13.4. The zero-order valence-electron chi connectivity index (χ0n) is 17.5. The molecule has 1 N–H and O–H groups in total. The SMILES string of the molecule is COc1ccc(S(=O)(=O)N(CC(=O)Nc2ccc(Cl)cc2C)Cc2ccccc2)cc1Cl. The molecule has 0 aromatic heterocycles. The molecule has 32 heavy (non-hydrogen) atoms. The first-order valence-corrected chi connectivity index (χ1v) is 11.8. The van der Waals surface area contributed by atoms with Crippen LogP contribution in [0.15, 0.2) is 71.6 Å². The third-order valence-corrected chi connectivity index (χ3v) is 7.06. The van der Waals surface area contributed by atoms with Crippen molar-refractivity contribution in [1.82, 2.24) is 4.31 Å². The predicted octanol–water partition coefficient (Wildman–Crippen LogP) is 5.14. The van der Waals surface area contributed by atoms with Crippen LogP contribution in [0.25, 0.3) is 0 Å². The van der Waals surface area contributed by atoms with Crippen molar-refractivity contribution in [1.29, 1.82) is 0 Å². The molecule has 1 amide bonds. The number of carbonyl (C=O) groups is 1. The van der Waals surface area contributed by atoms with Gasteiger partial charge in [0.15, 0.2) is 0 Å². The summed E-state index contributed by atoms with van der Waals surface area (Å²) in [5, 5.41) is 3.47. The van der Waals surface area contributed by atoms with Crippen LogP contribution < -0.4 is 10.1 Å². The number of hydrogen-bond donors (Lipinski definition) is 1. The fraction of sp³-hybridized carbons (Fsp3) is 0.174. The lowest BCUT2D eigenvalue weighted by Gasteiger charge is -2.22. The number of nitrogens with zero attached hydrogens (tertiary/aromatic N) is 1. The van der Waals surface area contributed by atoms with Gasteiger partial charge in [0.2, 0.25) is 15.9 Å². The summed E-state index contributed by atoms with van der Waals surface area (Å²) in [6.45, 7) is 1.43. The minimum Gasteiger partial charge on any atom is -0.495 e. The van der Waals surface area contributed by atoms with E-state index in [4.69, 9.17) is 27.9 Å². The molecule has 3 aromatic carbocycles. The highest BCUT2D eigenvalue weighted by molar-refractivity contribution is 7.89. The number of aryl methyl sites for hydroxylation is 1. The molecule has 6 nitrogen and oxygen atoms in total. The van der Waals surface area contributed by atoms with Crippen LogP contribution in [0.4, 0.5) is 5.69 Å². The number of anilines is 1. The van der Waals surface area contributed by atoms with E-state index in [-0.39, 0.29) is 23.0 Å². The van der Waals surface area contributed by atoms with Gasteiger partial charge in [0.05, 0.1) is 23.6 Å². The number of amides is 1. The third-order valence-electron chi connectivity index (χ3n) is 4.75. The van der Waals surface area contributed by atoms with E-state index in [0.717, 1.165) is 15.4 Å². The second-order valence-corrected chi connectivity index (χ2v) is 9.84. The number of hydrogen-bond acceptors (Lipinski definition) is 4. The second kappa shape index (κ2) is 10.4. The molecule has 0 aliphatic rings. The van der Waals surface area contributed by atoms with Crippen LogP contribution >= 0.6 is 23.2 Å². The summed E-state index contributed by atoms with van der Waals surface area (Å²) in [5.74, 6) is -0.120. The maximum atomic E-state index is 13.4. The van der Waals surface area contributed by atoms with Gasteiger partial charge in [-0.3, -0.25) is 4.79 Å². The van der Waals surface area contributed by atoms with Crippen molar-refractivity contribution >= 4 is 44.8 Å². The summed E-state index contributed by atoms with van der Waals surface area (Å²) in [7, 11) is -2.59. The molecule has 3 aromatic rings. The van der Waals surface area contributed by atoms with Crippen LogP contribution in [-0.4, -0.2) is 32.3 Å². The fourth-order valence-corrected chi connectivity index (χ4v) is 5.05. The lowest BCUT2D eigenvalue weighted by molar-refractivity contribution is -0.116. The highest BCUT2D eigenvalue weighted by Crippen LogP contribution is 2.29. The fourth-order valence-electron chi connectivity index (χ4n) is 3.09. The molecule has 0 saturated carbocycles. The van der Waals surface area contributed by atoms with E-state index in [0.29, 0.717) is 16.5 Å². The Morgan fingerprint density at radius 1 is 1.03 bits per heavy atom. The first kappa shape index (κ1) is 24.1. The van der Waals surface area contributed by atoms with Gasteiger partial charge >= 0.3 is 0 Å². The van der Waals surface area contributed by atoms with Crippen LogP contribution in [0.2, 0.25) is 10.0 Å². The molecule has 0 spiro atoms. The van der Waals surface area contributed by atoms with Gasteiger partial charge in [0.25, 0.3) is 0 Å². The van der Waals surface area contributed by atoms with E-state index >= 15 is 0 Å². The van der Waals surface area contributed by atoms with Crippen molar-refractivity contribution in [2.24, 2.45) is 0 Å². The van der Waals surface area contributed by atoms with Gasteiger partial charge in [-0.2, -0.15) is 4.31 Å². The predicted molar refractivity (Wildman–Crippen MR) is 127 cm³/mol. The molecule has 0 saturated heterocycles. The molecule has 0 unspecified atom stereocenters. The van der Waals surface area contributed by atoms with Gasteiger partial charge in [0.1, 0.15) is 5.75 Å². The lowest BCUT2D eigenvalue weighted by Crippen LogP contribution is -2.37. The standard InChI is InChI=1S/C23H22Cl2N2O4S/c1-16-12-18(24)8-10-21(16)26-23(28)15-27(14-17-6-4-3-5-7-17)32(29,30)19-9-11-22(31-2)20(25)13-19/h3-13H,14-15H2,1-2H3,(H,26,28). The molecule has 168 valence electrons. The molecule has 3 rings (SSSR count). The minimum atomic E-state index is -4.04. The average Bonchev–Trinajstić information content (AvgIpc) is 2.76. The van der Waals surface area contributed by atoms with Crippen LogP contribution in [-0.2, 0) is 21.4 Å². The smallest absolute Gasteiger partial charge is 0.243 e. The monoisotopic (exact) mass is 492 g/mol. The largest absolute Gasteiger partial charge is 0.495 e. The number of sulfonamides is 1. The van der Waals surface area contributed by atoms with Gasteiger partial charge < -0.3 is 10.1 Å². The highest BCUT2D eigenvalue weighted by atomic mass is 35.5. The van der Waals surface area contributed by atoms with E-state index in [2.05, 4.69) is 5.32 Å². The number of nitrogens with one attached hydrogen (secondary N) is 1. The number of rotatable bonds is 8. The Labute approximate surface area is 197 Å². The second-order valence-electron chi connectivity index (χ2n) is 7.06. The zero-order valence-corrected chi connectivity index (χ0v) is 19.8. The molecule has 9 heteroatoms. The quantitative estimate of drug-likeness (QED) is 0.472. The Balaban J connectivity index is 1.90. The summed E-state index contributed by atoms with van der Waals surface area (Å²) in [6.07, 6.45) is 0. The molecular weight excluding hydrogens is 471 g/mol. The van der Waals surface area contributed by atoms with Crippen LogP contribution in [0.5, 0.6) is 5.75 Å². The van der Waals surface area contributed by atoms with E-state index in [1.807, 2.05) is 18.2 Å². The number of benzene rings is 3. The molecule has 0 aliphatic heterocycles. The normalized spacial score (nSPS) is 11.4. The molecule has 0 aliphatic carbocycles. The van der Waals surface area contributed by atoms with Gasteiger partial charge in [-0.1, -0.05) is 53.5 Å². The van der Waals surface area contributed by atoms with Crippen molar-refractivity contribution in [2.45, 2.75) is 18.4 Å². The Kier molecular flexibility index (Phi) is 7.79. The van der Waals surface area contributed by atoms with Gasteiger partial charge in [-0.25, -0.2) is 8.42 Å². The maximum Gasteiger partial charge on any atom is 0.243 e. The number of methoxy groups -OCH3 is 1. The average molecular weight is 493 g/mol. The molecule has 0 fully saturated rings. The van der Waals surface area contributed by atoms with Gasteiger partial charge in [0, 0.05) is 17.3 Å². The van der Waals surface area contributed by atoms with Crippen LogP contribution in [0, 0.1) is 6.92 Å². The van der Waals surface area contributed by atoms with Crippen LogP contribution in [0.3, 0.4) is 0 Å². The summed E-state index contributed by atoms with van der Waals surface area (Å²) in [5.41, 5.74) is 2.07. The van der Waals surface area contributed by atoms with Crippen molar-refractivity contribution in [3.8, 4) is 5.75 Å². The minimum absolute atomic E-state index is 0.0137. The summed E-state index contributed by atoms with van der Waals surface area (Å²) in [4.78, 5) is 12.8. The lowest BCUT2D eigenvalue weighted by atomic mass is 10.2. The topological polar surface area (TPSA) is 75.7 Å². The van der Waals surface area contributed by atoms with E-state index < -0.39 is 15.9 Å². The Hall–Kier alpha value is -2.58. The number of ether oxygens (including phenoxy) is 1. The Morgan fingerprint density at radius 3 is 2.38 bits per heavy atom. The van der Waals surface area contributed by atoms with Gasteiger partial charge in [-0.05, 0) is 54.4 Å². The Bertz CT molecular complexity index is 1220. The van der Waals surface area contributed by atoms with E-state index in [9.17, 15) is 13.2 Å². The van der Waals surface area contributed by atoms with Crippen molar-refractivity contribution < 1.29 is 17.9 Å². The first-order valence-electron chi connectivity index (χ1n) is 9.64. The number of halogens is 2. The zero-order chi connectivity index (χ0) is 23.3. The molecule has 0 heterocycles. The third kappa shape index (κ3) is 5.81. The first-order chi connectivity index (χ1) is 15.2. The molecule has 0 bridgehead atoms. The van der Waals surface area contributed by atoms with Crippen molar-refractivity contribution in [3.05, 3.63) is 87.9 Å².